The molecule has 3 aromatic rings. The minimum absolute atomic E-state index is 0.657. The molecule has 0 bridgehead atoms. The van der Waals surface area contributed by atoms with Crippen LogP contribution in [-0.2, 0) is 13.0 Å². The fraction of sp³-hybridized carbons (Fsp3) is 0.348. The van der Waals surface area contributed by atoms with Crippen LogP contribution in [0.1, 0.15) is 37.8 Å². The third-order valence-corrected chi connectivity index (χ3v) is 4.81. The second kappa shape index (κ2) is 10.4. The smallest absolute Gasteiger partial charge is 0.132 e. The molecule has 0 aliphatic heterocycles. The van der Waals surface area contributed by atoms with Crippen LogP contribution >= 0.6 is 0 Å². The van der Waals surface area contributed by atoms with Crippen molar-refractivity contribution in [3.05, 3.63) is 60.0 Å². The second-order valence-corrected chi connectivity index (χ2v) is 7.29. The predicted octanol–water partition coefficient (Wildman–Crippen LogP) is 4.61. The highest BCUT2D eigenvalue weighted by atomic mass is 15.2. The molecule has 0 aliphatic carbocycles. The Morgan fingerprint density at radius 2 is 1.80 bits per heavy atom. The maximum Gasteiger partial charge on any atom is 0.132 e. The summed E-state index contributed by atoms with van der Waals surface area (Å²) >= 11 is 0. The van der Waals surface area contributed by atoms with E-state index in [9.17, 15) is 0 Å². The fourth-order valence-corrected chi connectivity index (χ4v) is 3.13. The standard InChI is InChI=1S/C23H31N7/c1-4-6-18-12-19(24)15-29-23(18)28-14-17-7-10-22(27-13-17)30(3)20-8-9-21(26-16-20)25-11-5-2/h7-10,12-13,15-16H,4-6,11,14,24H2,1-3H3,(H,25,26)(H,28,29). The maximum absolute atomic E-state index is 5.87. The minimum atomic E-state index is 0.657. The molecule has 4 N–H and O–H groups in total. The molecule has 3 heterocycles. The SMILES string of the molecule is CCCNc1ccc(N(C)c2ccc(CNc3ncc(N)cc3CCC)cn2)cn1. The number of pyridine rings is 3. The van der Waals surface area contributed by atoms with Crippen molar-refractivity contribution < 1.29 is 0 Å². The van der Waals surface area contributed by atoms with E-state index >= 15 is 0 Å². The predicted molar refractivity (Wildman–Crippen MR) is 125 cm³/mol. The Bertz CT molecular complexity index is 923. The van der Waals surface area contributed by atoms with E-state index in [-0.39, 0.29) is 0 Å². The summed E-state index contributed by atoms with van der Waals surface area (Å²) < 4.78 is 0. The summed E-state index contributed by atoms with van der Waals surface area (Å²) in [4.78, 5) is 15.5. The van der Waals surface area contributed by atoms with Crippen LogP contribution < -0.4 is 21.3 Å². The first-order chi connectivity index (χ1) is 14.6. The van der Waals surface area contributed by atoms with Gasteiger partial charge in [0.2, 0.25) is 0 Å². The van der Waals surface area contributed by atoms with Gasteiger partial charge >= 0.3 is 0 Å². The average molecular weight is 406 g/mol. The van der Waals surface area contributed by atoms with E-state index in [1.54, 1.807) is 6.20 Å². The number of hydrogen-bond donors (Lipinski definition) is 3. The number of nitrogens with zero attached hydrogens (tertiary/aromatic N) is 4. The lowest BCUT2D eigenvalue weighted by Gasteiger charge is -2.18. The largest absolute Gasteiger partial charge is 0.397 e. The molecule has 3 aromatic heterocycles. The molecule has 0 atom stereocenters. The molecule has 7 heteroatoms. The average Bonchev–Trinajstić information content (AvgIpc) is 2.77. The molecule has 0 amide bonds. The number of rotatable bonds is 10. The molecule has 3 rings (SSSR count). The number of nitrogens with one attached hydrogen (secondary N) is 2. The van der Waals surface area contributed by atoms with Gasteiger partial charge in [-0.15, -0.1) is 0 Å². The van der Waals surface area contributed by atoms with Gasteiger partial charge < -0.3 is 21.3 Å². The summed E-state index contributed by atoms with van der Waals surface area (Å²) in [6, 6.07) is 10.1. The van der Waals surface area contributed by atoms with E-state index in [0.29, 0.717) is 12.2 Å². The lowest BCUT2D eigenvalue weighted by molar-refractivity contribution is 0.910. The summed E-state index contributed by atoms with van der Waals surface area (Å²) in [6.07, 6.45) is 8.51. The van der Waals surface area contributed by atoms with Crippen LogP contribution in [0, 0.1) is 0 Å². The molecule has 0 aliphatic rings. The summed E-state index contributed by atoms with van der Waals surface area (Å²) in [5.41, 5.74) is 9.80. The van der Waals surface area contributed by atoms with Crippen LogP contribution in [0.3, 0.4) is 0 Å². The van der Waals surface area contributed by atoms with Crippen LogP contribution in [0.15, 0.2) is 48.9 Å². The first kappa shape index (κ1) is 21.4. The molecule has 0 spiro atoms. The molecular formula is C23H31N7. The van der Waals surface area contributed by atoms with Crippen molar-refractivity contribution in [3.8, 4) is 0 Å². The summed E-state index contributed by atoms with van der Waals surface area (Å²) in [5.74, 6) is 2.64. The monoisotopic (exact) mass is 405 g/mol. The number of nitrogens with two attached hydrogens (primary N) is 1. The quantitative estimate of drug-likeness (QED) is 0.454. The van der Waals surface area contributed by atoms with Gasteiger partial charge in [-0.2, -0.15) is 0 Å². The van der Waals surface area contributed by atoms with Crippen LogP contribution in [0.2, 0.25) is 0 Å². The number of aryl methyl sites for hydroxylation is 1. The first-order valence-electron chi connectivity index (χ1n) is 10.5. The zero-order chi connectivity index (χ0) is 21.3. The number of hydrogen-bond acceptors (Lipinski definition) is 7. The van der Waals surface area contributed by atoms with Crippen molar-refractivity contribution in [1.82, 2.24) is 15.0 Å². The molecule has 0 aromatic carbocycles. The van der Waals surface area contributed by atoms with Gasteiger partial charge in [0.1, 0.15) is 17.5 Å². The summed E-state index contributed by atoms with van der Waals surface area (Å²) in [6.45, 7) is 5.86. The van der Waals surface area contributed by atoms with Crippen molar-refractivity contribution in [2.24, 2.45) is 0 Å². The second-order valence-electron chi connectivity index (χ2n) is 7.29. The molecule has 0 saturated heterocycles. The first-order valence-corrected chi connectivity index (χ1v) is 10.5. The van der Waals surface area contributed by atoms with Crippen molar-refractivity contribution >= 4 is 28.8 Å². The van der Waals surface area contributed by atoms with Crippen molar-refractivity contribution in [2.75, 3.05) is 34.9 Å². The molecule has 0 radical (unpaired) electrons. The lowest BCUT2D eigenvalue weighted by atomic mass is 10.1. The van der Waals surface area contributed by atoms with E-state index in [0.717, 1.165) is 60.1 Å². The lowest BCUT2D eigenvalue weighted by Crippen LogP contribution is -2.12. The van der Waals surface area contributed by atoms with E-state index < -0.39 is 0 Å². The Hall–Kier alpha value is -3.35. The Labute approximate surface area is 178 Å². The Morgan fingerprint density at radius 3 is 2.47 bits per heavy atom. The van der Waals surface area contributed by atoms with Crippen LogP contribution in [0.4, 0.5) is 28.8 Å². The third-order valence-electron chi connectivity index (χ3n) is 4.81. The van der Waals surface area contributed by atoms with Gasteiger partial charge in [0, 0.05) is 26.3 Å². The van der Waals surface area contributed by atoms with Gasteiger partial charge in [0.25, 0.3) is 0 Å². The minimum Gasteiger partial charge on any atom is -0.397 e. The van der Waals surface area contributed by atoms with E-state index in [1.165, 1.54) is 0 Å². The third kappa shape index (κ3) is 5.59. The molecular weight excluding hydrogens is 374 g/mol. The summed E-state index contributed by atoms with van der Waals surface area (Å²) in [5, 5.41) is 6.69. The van der Waals surface area contributed by atoms with Crippen molar-refractivity contribution in [3.63, 3.8) is 0 Å². The van der Waals surface area contributed by atoms with Gasteiger partial charge in [0.05, 0.1) is 23.8 Å². The van der Waals surface area contributed by atoms with Crippen molar-refractivity contribution in [1.29, 1.82) is 0 Å². The highest BCUT2D eigenvalue weighted by molar-refractivity contribution is 5.59. The highest BCUT2D eigenvalue weighted by Gasteiger charge is 2.08. The molecule has 0 fully saturated rings. The summed E-state index contributed by atoms with van der Waals surface area (Å²) in [7, 11) is 1.99. The topological polar surface area (TPSA) is 92.0 Å². The van der Waals surface area contributed by atoms with E-state index in [2.05, 4.69) is 45.5 Å². The van der Waals surface area contributed by atoms with Gasteiger partial charge in [-0.3, -0.25) is 0 Å². The fourth-order valence-electron chi connectivity index (χ4n) is 3.13. The van der Waals surface area contributed by atoms with Gasteiger partial charge in [-0.25, -0.2) is 15.0 Å². The van der Waals surface area contributed by atoms with Gasteiger partial charge in [-0.05, 0) is 48.2 Å². The molecule has 0 unspecified atom stereocenters. The highest BCUT2D eigenvalue weighted by Crippen LogP contribution is 2.23. The van der Waals surface area contributed by atoms with Crippen LogP contribution in [0.5, 0.6) is 0 Å². The Kier molecular flexibility index (Phi) is 7.43. The Balaban J connectivity index is 1.62. The molecule has 0 saturated carbocycles. The zero-order valence-electron chi connectivity index (χ0n) is 18.0. The molecule has 158 valence electrons. The zero-order valence-corrected chi connectivity index (χ0v) is 18.0. The van der Waals surface area contributed by atoms with Crippen molar-refractivity contribution in [2.45, 2.75) is 39.7 Å². The van der Waals surface area contributed by atoms with E-state index in [4.69, 9.17) is 5.73 Å². The Morgan fingerprint density at radius 1 is 0.933 bits per heavy atom. The van der Waals surface area contributed by atoms with E-state index in [1.807, 2.05) is 48.6 Å². The maximum atomic E-state index is 5.87. The number of anilines is 5. The number of nitrogen functional groups attached to an aromatic ring is 1. The molecule has 7 nitrogen and oxygen atoms in total. The molecule has 30 heavy (non-hydrogen) atoms. The number of aromatic nitrogens is 3. The normalized spacial score (nSPS) is 10.6. The van der Waals surface area contributed by atoms with Crippen LogP contribution in [-0.4, -0.2) is 28.5 Å². The van der Waals surface area contributed by atoms with Gasteiger partial charge in [0.15, 0.2) is 0 Å². The van der Waals surface area contributed by atoms with Crippen LogP contribution in [0.25, 0.3) is 0 Å². The van der Waals surface area contributed by atoms with Gasteiger partial charge in [-0.1, -0.05) is 26.3 Å².